The van der Waals surface area contributed by atoms with E-state index in [0.29, 0.717) is 11.4 Å². The van der Waals surface area contributed by atoms with Crippen LogP contribution in [-0.4, -0.2) is 30.0 Å². The number of hydrogen-bond acceptors (Lipinski definition) is 5. The summed E-state index contributed by atoms with van der Waals surface area (Å²) in [5.41, 5.74) is 1.34. The van der Waals surface area contributed by atoms with Crippen LogP contribution in [0.1, 0.15) is 32.6 Å². The van der Waals surface area contributed by atoms with Crippen molar-refractivity contribution in [2.24, 2.45) is 0 Å². The number of nitrogens with one attached hydrogen (secondary N) is 2. The van der Waals surface area contributed by atoms with Crippen molar-refractivity contribution in [1.29, 1.82) is 0 Å². The van der Waals surface area contributed by atoms with Gasteiger partial charge >= 0.3 is 5.69 Å². The largest absolute Gasteiger partial charge is 0.379 e. The fourth-order valence-corrected chi connectivity index (χ4v) is 2.55. The maximum absolute atomic E-state index is 11.3. The SMILES string of the molecule is CCCNc1cccc(NCCCCCSC)c1[N+](=O)[O-]. The lowest BCUT2D eigenvalue weighted by atomic mass is 10.2. The number of nitro groups is 1. The van der Waals surface area contributed by atoms with E-state index in [-0.39, 0.29) is 10.6 Å². The third kappa shape index (κ3) is 6.25. The number of rotatable bonds is 11. The first-order valence-electron chi connectivity index (χ1n) is 7.44. The van der Waals surface area contributed by atoms with Crippen molar-refractivity contribution >= 4 is 28.8 Å². The molecule has 0 fully saturated rings. The molecule has 0 aliphatic rings. The van der Waals surface area contributed by atoms with E-state index in [2.05, 4.69) is 16.9 Å². The molecule has 0 saturated carbocycles. The van der Waals surface area contributed by atoms with Gasteiger partial charge in [-0.25, -0.2) is 0 Å². The fourth-order valence-electron chi connectivity index (χ4n) is 2.06. The number of hydrogen-bond donors (Lipinski definition) is 2. The van der Waals surface area contributed by atoms with Crippen molar-refractivity contribution in [2.45, 2.75) is 32.6 Å². The maximum atomic E-state index is 11.3. The minimum Gasteiger partial charge on any atom is -0.379 e. The second-order valence-corrected chi connectivity index (χ2v) is 5.85. The molecule has 1 aromatic carbocycles. The van der Waals surface area contributed by atoms with Crippen LogP contribution in [0.4, 0.5) is 17.1 Å². The molecule has 0 atom stereocenters. The summed E-state index contributed by atoms with van der Waals surface area (Å²) in [6.45, 7) is 3.54. The summed E-state index contributed by atoms with van der Waals surface area (Å²) in [5.74, 6) is 1.18. The Morgan fingerprint density at radius 3 is 2.38 bits per heavy atom. The van der Waals surface area contributed by atoms with Crippen molar-refractivity contribution < 1.29 is 4.92 Å². The number of nitrogens with zero attached hydrogens (tertiary/aromatic N) is 1. The molecule has 0 unspecified atom stereocenters. The Morgan fingerprint density at radius 1 is 1.14 bits per heavy atom. The molecule has 0 aliphatic heterocycles. The topological polar surface area (TPSA) is 67.2 Å². The van der Waals surface area contributed by atoms with Crippen LogP contribution in [0.3, 0.4) is 0 Å². The van der Waals surface area contributed by atoms with Crippen molar-refractivity contribution in [3.8, 4) is 0 Å². The zero-order valence-electron chi connectivity index (χ0n) is 12.9. The molecule has 1 rings (SSSR count). The predicted molar refractivity (Wildman–Crippen MR) is 92.6 cm³/mol. The first-order valence-corrected chi connectivity index (χ1v) is 8.84. The smallest absolute Gasteiger partial charge is 0.315 e. The molecular weight excluding hydrogens is 286 g/mol. The first-order chi connectivity index (χ1) is 10.2. The Labute approximate surface area is 131 Å². The Balaban J connectivity index is 2.61. The van der Waals surface area contributed by atoms with Crippen molar-refractivity contribution in [2.75, 3.05) is 35.7 Å². The van der Waals surface area contributed by atoms with Gasteiger partial charge in [-0.3, -0.25) is 10.1 Å². The van der Waals surface area contributed by atoms with E-state index in [1.165, 1.54) is 12.2 Å². The van der Waals surface area contributed by atoms with E-state index in [0.717, 1.165) is 32.4 Å². The lowest BCUT2D eigenvalue weighted by Gasteiger charge is -2.11. The quantitative estimate of drug-likeness (QED) is 0.361. The normalized spacial score (nSPS) is 10.4. The molecule has 0 heterocycles. The summed E-state index contributed by atoms with van der Waals surface area (Å²) >= 11 is 1.85. The van der Waals surface area contributed by atoms with Gasteiger partial charge in [0.05, 0.1) is 4.92 Å². The van der Waals surface area contributed by atoms with E-state index in [9.17, 15) is 10.1 Å². The molecule has 0 bridgehead atoms. The van der Waals surface area contributed by atoms with Crippen molar-refractivity contribution in [1.82, 2.24) is 0 Å². The van der Waals surface area contributed by atoms with E-state index >= 15 is 0 Å². The van der Waals surface area contributed by atoms with Crippen LogP contribution in [-0.2, 0) is 0 Å². The average molecular weight is 311 g/mol. The highest BCUT2D eigenvalue weighted by Gasteiger charge is 2.18. The summed E-state index contributed by atoms with van der Waals surface area (Å²) in [6.07, 6.45) is 6.42. The van der Waals surface area contributed by atoms with Crippen LogP contribution < -0.4 is 10.6 Å². The van der Waals surface area contributed by atoms with Gasteiger partial charge in [-0.1, -0.05) is 19.4 Å². The van der Waals surface area contributed by atoms with E-state index in [4.69, 9.17) is 0 Å². The van der Waals surface area contributed by atoms with Gasteiger partial charge in [-0.05, 0) is 43.4 Å². The van der Waals surface area contributed by atoms with Crippen LogP contribution >= 0.6 is 11.8 Å². The molecule has 0 aromatic heterocycles. The summed E-state index contributed by atoms with van der Waals surface area (Å²) in [5, 5.41) is 17.6. The summed E-state index contributed by atoms with van der Waals surface area (Å²) in [6, 6.07) is 5.38. The minimum absolute atomic E-state index is 0.148. The third-order valence-corrected chi connectivity index (χ3v) is 3.82. The standard InChI is InChI=1S/C15H25N3O2S/c1-3-10-16-13-8-7-9-14(15(13)18(19)20)17-11-5-4-6-12-21-2/h7-9,16-17H,3-6,10-12H2,1-2H3. The van der Waals surface area contributed by atoms with Gasteiger partial charge < -0.3 is 10.6 Å². The lowest BCUT2D eigenvalue weighted by molar-refractivity contribution is -0.383. The summed E-state index contributed by atoms with van der Waals surface area (Å²) in [4.78, 5) is 11.0. The number of nitro benzene ring substituents is 1. The van der Waals surface area contributed by atoms with Gasteiger partial charge in [0.15, 0.2) is 0 Å². The highest BCUT2D eigenvalue weighted by Crippen LogP contribution is 2.32. The molecule has 2 N–H and O–H groups in total. The third-order valence-electron chi connectivity index (χ3n) is 3.12. The van der Waals surface area contributed by atoms with Gasteiger partial charge in [0, 0.05) is 13.1 Å². The molecule has 118 valence electrons. The van der Waals surface area contributed by atoms with Crippen LogP contribution in [0.25, 0.3) is 0 Å². The predicted octanol–water partition coefficient (Wildman–Crippen LogP) is 4.36. The molecular formula is C15H25N3O2S. The Kier molecular flexibility index (Phi) is 8.66. The average Bonchev–Trinajstić information content (AvgIpc) is 2.48. The number of para-hydroxylation sites is 1. The number of anilines is 2. The molecule has 21 heavy (non-hydrogen) atoms. The van der Waals surface area contributed by atoms with Crippen molar-refractivity contribution in [3.63, 3.8) is 0 Å². The number of thioether (sulfide) groups is 1. The van der Waals surface area contributed by atoms with Gasteiger partial charge in [-0.2, -0.15) is 11.8 Å². The zero-order valence-corrected chi connectivity index (χ0v) is 13.7. The van der Waals surface area contributed by atoms with Crippen LogP contribution in [0, 0.1) is 10.1 Å². The molecule has 0 amide bonds. The van der Waals surface area contributed by atoms with Crippen LogP contribution in [0.15, 0.2) is 18.2 Å². The summed E-state index contributed by atoms with van der Waals surface area (Å²) < 4.78 is 0. The Morgan fingerprint density at radius 2 is 1.81 bits per heavy atom. The lowest BCUT2D eigenvalue weighted by Crippen LogP contribution is -2.08. The molecule has 6 heteroatoms. The number of unbranched alkanes of at least 4 members (excludes halogenated alkanes) is 2. The second-order valence-electron chi connectivity index (χ2n) is 4.87. The molecule has 0 aliphatic carbocycles. The van der Waals surface area contributed by atoms with E-state index in [1.807, 2.05) is 24.8 Å². The van der Waals surface area contributed by atoms with Crippen LogP contribution in [0.5, 0.6) is 0 Å². The van der Waals surface area contributed by atoms with Crippen LogP contribution in [0.2, 0.25) is 0 Å². The van der Waals surface area contributed by atoms with Gasteiger partial charge in [0.2, 0.25) is 0 Å². The molecule has 1 aromatic rings. The van der Waals surface area contributed by atoms with Gasteiger partial charge in [0.25, 0.3) is 0 Å². The Bertz CT molecular complexity index is 441. The Hall–Kier alpha value is -1.43. The second kappa shape index (κ2) is 10.3. The first kappa shape index (κ1) is 17.6. The monoisotopic (exact) mass is 311 g/mol. The van der Waals surface area contributed by atoms with Crippen molar-refractivity contribution in [3.05, 3.63) is 28.3 Å². The van der Waals surface area contributed by atoms with Gasteiger partial charge in [-0.15, -0.1) is 0 Å². The number of benzene rings is 1. The van der Waals surface area contributed by atoms with Gasteiger partial charge in [0.1, 0.15) is 11.4 Å². The highest BCUT2D eigenvalue weighted by atomic mass is 32.2. The maximum Gasteiger partial charge on any atom is 0.315 e. The molecule has 0 radical (unpaired) electrons. The van der Waals surface area contributed by atoms with E-state index in [1.54, 1.807) is 12.1 Å². The van der Waals surface area contributed by atoms with E-state index < -0.39 is 0 Å². The molecule has 0 spiro atoms. The zero-order chi connectivity index (χ0) is 15.5. The highest BCUT2D eigenvalue weighted by molar-refractivity contribution is 7.98. The fraction of sp³-hybridized carbons (Fsp3) is 0.600. The summed E-state index contributed by atoms with van der Waals surface area (Å²) in [7, 11) is 0. The molecule has 5 nitrogen and oxygen atoms in total. The minimum atomic E-state index is -0.311. The molecule has 0 saturated heterocycles.